The third kappa shape index (κ3) is 5.07. The molecule has 3 aromatic rings. The molecule has 5 rings (SSSR count). The Morgan fingerprint density at radius 3 is 2.50 bits per heavy atom. The zero-order valence-corrected chi connectivity index (χ0v) is 20.7. The Morgan fingerprint density at radius 2 is 1.85 bits per heavy atom. The molecule has 0 aliphatic carbocycles. The van der Waals surface area contributed by atoms with Crippen molar-refractivity contribution >= 4 is 37.4 Å². The van der Waals surface area contributed by atoms with Crippen LogP contribution >= 0.6 is 11.3 Å². The van der Waals surface area contributed by atoms with Crippen LogP contribution in [0, 0.1) is 0 Å². The standard InChI is InChI=1S/C22H28N6O4S2/c1-34(30,31)28-6-4-26(5-7-28)14-18-12-19-21(27-8-10-32-11-9-27)24-20(25-22(19)33-18)16-2-3-17(15-29)23-13-16/h2-3,12-13,29H,4-11,14-15H2,1H3. The number of morpholine rings is 1. The van der Waals surface area contributed by atoms with E-state index in [-0.39, 0.29) is 6.61 Å². The lowest BCUT2D eigenvalue weighted by molar-refractivity contribution is 0.122. The minimum atomic E-state index is -3.14. The van der Waals surface area contributed by atoms with Crippen molar-refractivity contribution in [1.82, 2.24) is 24.2 Å². The van der Waals surface area contributed by atoms with Crippen LogP contribution in [-0.4, -0.2) is 96.4 Å². The Kier molecular flexibility index (Phi) is 6.78. The second kappa shape index (κ2) is 9.80. The van der Waals surface area contributed by atoms with Gasteiger partial charge in [0.05, 0.1) is 37.2 Å². The molecule has 3 aromatic heterocycles. The summed E-state index contributed by atoms with van der Waals surface area (Å²) in [4.78, 5) is 20.7. The number of thiophene rings is 1. The number of aliphatic hydroxyl groups excluding tert-OH is 1. The number of nitrogens with zero attached hydrogens (tertiary/aromatic N) is 6. The van der Waals surface area contributed by atoms with Crippen LogP contribution in [0.5, 0.6) is 0 Å². The molecule has 0 atom stereocenters. The van der Waals surface area contributed by atoms with Gasteiger partial charge in [0.15, 0.2) is 5.82 Å². The highest BCUT2D eigenvalue weighted by Gasteiger charge is 2.25. The number of anilines is 1. The van der Waals surface area contributed by atoms with Crippen molar-refractivity contribution < 1.29 is 18.3 Å². The highest BCUT2D eigenvalue weighted by atomic mass is 32.2. The van der Waals surface area contributed by atoms with Crippen LogP contribution in [0.4, 0.5) is 5.82 Å². The average Bonchev–Trinajstić information content (AvgIpc) is 3.26. The summed E-state index contributed by atoms with van der Waals surface area (Å²) in [6, 6.07) is 5.84. The Balaban J connectivity index is 1.44. The minimum Gasteiger partial charge on any atom is -0.390 e. The first-order chi connectivity index (χ1) is 16.4. The van der Waals surface area contributed by atoms with Crippen LogP contribution in [0.1, 0.15) is 10.6 Å². The predicted octanol–water partition coefficient (Wildman–Crippen LogP) is 1.16. The number of ether oxygens (including phenoxy) is 1. The van der Waals surface area contributed by atoms with E-state index in [0.29, 0.717) is 50.9 Å². The van der Waals surface area contributed by atoms with E-state index >= 15 is 0 Å². The Bertz CT molecular complexity index is 1250. The molecule has 0 spiro atoms. The van der Waals surface area contributed by atoms with Crippen molar-refractivity contribution in [3.63, 3.8) is 0 Å². The summed E-state index contributed by atoms with van der Waals surface area (Å²) in [7, 11) is -3.14. The Labute approximate surface area is 202 Å². The van der Waals surface area contributed by atoms with E-state index in [2.05, 4.69) is 20.9 Å². The van der Waals surface area contributed by atoms with E-state index < -0.39 is 10.0 Å². The summed E-state index contributed by atoms with van der Waals surface area (Å²) in [5.74, 6) is 1.51. The first-order valence-electron chi connectivity index (χ1n) is 11.3. The largest absolute Gasteiger partial charge is 0.390 e. The third-order valence-electron chi connectivity index (χ3n) is 6.16. The van der Waals surface area contributed by atoms with Crippen molar-refractivity contribution in [2.45, 2.75) is 13.2 Å². The first kappa shape index (κ1) is 23.5. The molecule has 2 aliphatic heterocycles. The number of piperazine rings is 1. The van der Waals surface area contributed by atoms with Crippen molar-refractivity contribution in [3.05, 3.63) is 35.0 Å². The van der Waals surface area contributed by atoms with Gasteiger partial charge in [0.25, 0.3) is 0 Å². The highest BCUT2D eigenvalue weighted by molar-refractivity contribution is 7.88. The molecule has 2 fully saturated rings. The molecule has 0 unspecified atom stereocenters. The van der Waals surface area contributed by atoms with Crippen LogP contribution in [0.15, 0.2) is 24.4 Å². The fourth-order valence-electron chi connectivity index (χ4n) is 4.27. The van der Waals surface area contributed by atoms with Crippen LogP contribution in [-0.2, 0) is 27.9 Å². The summed E-state index contributed by atoms with van der Waals surface area (Å²) in [5, 5.41) is 10.3. The molecule has 2 aliphatic rings. The molecule has 12 heteroatoms. The molecule has 34 heavy (non-hydrogen) atoms. The van der Waals surface area contributed by atoms with E-state index in [1.165, 1.54) is 11.1 Å². The Hall–Kier alpha value is -2.22. The van der Waals surface area contributed by atoms with Gasteiger partial charge in [-0.1, -0.05) is 0 Å². The van der Waals surface area contributed by atoms with E-state index in [9.17, 15) is 13.5 Å². The molecule has 0 amide bonds. The van der Waals surface area contributed by atoms with E-state index in [1.54, 1.807) is 27.9 Å². The van der Waals surface area contributed by atoms with Gasteiger partial charge in [-0.2, -0.15) is 4.31 Å². The number of rotatable bonds is 6. The topological polar surface area (TPSA) is 112 Å². The molecular weight excluding hydrogens is 476 g/mol. The van der Waals surface area contributed by atoms with Gasteiger partial charge in [-0.15, -0.1) is 11.3 Å². The summed E-state index contributed by atoms with van der Waals surface area (Å²) in [6.07, 6.45) is 2.97. The maximum atomic E-state index is 11.8. The fourth-order valence-corrected chi connectivity index (χ4v) is 6.16. The van der Waals surface area contributed by atoms with E-state index in [1.807, 2.05) is 6.07 Å². The monoisotopic (exact) mass is 504 g/mol. The maximum Gasteiger partial charge on any atom is 0.211 e. The molecule has 0 radical (unpaired) electrons. The molecule has 182 valence electrons. The number of hydrogen-bond donors (Lipinski definition) is 1. The van der Waals surface area contributed by atoms with Crippen molar-refractivity contribution in [2.75, 3.05) is 63.6 Å². The molecule has 10 nitrogen and oxygen atoms in total. The van der Waals surface area contributed by atoms with Gasteiger partial charge in [0, 0.05) is 62.5 Å². The van der Waals surface area contributed by atoms with Gasteiger partial charge in [0.1, 0.15) is 10.6 Å². The lowest BCUT2D eigenvalue weighted by Gasteiger charge is -2.32. The molecule has 0 aromatic carbocycles. The lowest BCUT2D eigenvalue weighted by Crippen LogP contribution is -2.47. The molecule has 0 saturated carbocycles. The predicted molar refractivity (Wildman–Crippen MR) is 131 cm³/mol. The number of pyridine rings is 1. The summed E-state index contributed by atoms with van der Waals surface area (Å²) in [6.45, 7) is 5.96. The second-order valence-corrected chi connectivity index (χ2v) is 11.6. The Morgan fingerprint density at radius 1 is 1.09 bits per heavy atom. The fraction of sp³-hybridized carbons (Fsp3) is 0.500. The SMILES string of the molecule is CS(=O)(=O)N1CCN(Cc2cc3c(N4CCOCC4)nc(-c4ccc(CO)nc4)nc3s2)CC1. The van der Waals surface area contributed by atoms with Gasteiger partial charge in [-0.3, -0.25) is 9.88 Å². The van der Waals surface area contributed by atoms with Gasteiger partial charge in [-0.05, 0) is 18.2 Å². The van der Waals surface area contributed by atoms with Gasteiger partial charge in [-0.25, -0.2) is 18.4 Å². The number of sulfonamides is 1. The number of fused-ring (bicyclic) bond motifs is 1. The number of hydrogen-bond acceptors (Lipinski definition) is 10. The third-order valence-corrected chi connectivity index (χ3v) is 8.48. The smallest absolute Gasteiger partial charge is 0.211 e. The van der Waals surface area contributed by atoms with E-state index in [0.717, 1.165) is 41.2 Å². The summed E-state index contributed by atoms with van der Waals surface area (Å²) < 4.78 is 30.7. The summed E-state index contributed by atoms with van der Waals surface area (Å²) >= 11 is 1.65. The normalized spacial score (nSPS) is 18.6. The second-order valence-electron chi connectivity index (χ2n) is 8.54. The highest BCUT2D eigenvalue weighted by Crippen LogP contribution is 2.34. The number of aliphatic hydroxyl groups is 1. The zero-order valence-electron chi connectivity index (χ0n) is 19.1. The van der Waals surface area contributed by atoms with Gasteiger partial charge in [0.2, 0.25) is 10.0 Å². The van der Waals surface area contributed by atoms with Gasteiger partial charge < -0.3 is 14.7 Å². The molecule has 1 N–H and O–H groups in total. The zero-order chi connectivity index (χ0) is 23.7. The lowest BCUT2D eigenvalue weighted by atomic mass is 10.2. The van der Waals surface area contributed by atoms with Crippen LogP contribution in [0.2, 0.25) is 0 Å². The van der Waals surface area contributed by atoms with Crippen molar-refractivity contribution in [2.24, 2.45) is 0 Å². The molecule has 0 bridgehead atoms. The maximum absolute atomic E-state index is 11.8. The van der Waals surface area contributed by atoms with Crippen LogP contribution in [0.3, 0.4) is 0 Å². The summed E-state index contributed by atoms with van der Waals surface area (Å²) in [5.41, 5.74) is 1.41. The van der Waals surface area contributed by atoms with Gasteiger partial charge >= 0.3 is 0 Å². The van der Waals surface area contributed by atoms with Crippen molar-refractivity contribution in [1.29, 1.82) is 0 Å². The quantitative estimate of drug-likeness (QED) is 0.528. The molecule has 5 heterocycles. The number of aromatic nitrogens is 3. The molecule has 2 saturated heterocycles. The van der Waals surface area contributed by atoms with Crippen LogP contribution < -0.4 is 4.90 Å². The minimum absolute atomic E-state index is 0.105. The first-order valence-corrected chi connectivity index (χ1v) is 13.9. The van der Waals surface area contributed by atoms with Crippen molar-refractivity contribution in [3.8, 4) is 11.4 Å². The van der Waals surface area contributed by atoms with Crippen LogP contribution in [0.25, 0.3) is 21.6 Å². The molecular formula is C22H28N6O4S2. The van der Waals surface area contributed by atoms with E-state index in [4.69, 9.17) is 14.7 Å². The average molecular weight is 505 g/mol.